The number of methoxy groups -OCH3 is 1. The van der Waals surface area contributed by atoms with Crippen LogP contribution in [0, 0.1) is 0 Å². The largest absolute Gasteiger partial charge is 0.497 e. The van der Waals surface area contributed by atoms with Gasteiger partial charge in [0.05, 0.1) is 19.8 Å². The molecular weight excluding hydrogens is 206 g/mol. The number of hydrogen-bond acceptors (Lipinski definition) is 3. The minimum Gasteiger partial charge on any atom is -0.497 e. The van der Waals surface area contributed by atoms with Crippen LogP contribution in [0.2, 0.25) is 0 Å². The number of amides is 1. The number of nitrogens with one attached hydrogen (secondary N) is 1. The van der Waals surface area contributed by atoms with Crippen molar-refractivity contribution in [2.24, 2.45) is 0 Å². The first kappa shape index (κ1) is 12.5. The zero-order chi connectivity index (χ0) is 12.0. The summed E-state index contributed by atoms with van der Waals surface area (Å²) in [5, 5.41) is 12.0. The van der Waals surface area contributed by atoms with Crippen molar-refractivity contribution >= 4 is 5.91 Å². The molecule has 4 nitrogen and oxygen atoms in total. The first-order valence-electron chi connectivity index (χ1n) is 5.25. The second kappa shape index (κ2) is 6.12. The van der Waals surface area contributed by atoms with Crippen LogP contribution in [0.1, 0.15) is 24.9 Å². The second-order valence-corrected chi connectivity index (χ2v) is 3.43. The number of ether oxygens (including phenoxy) is 1. The van der Waals surface area contributed by atoms with Crippen molar-refractivity contribution in [2.75, 3.05) is 13.7 Å². The summed E-state index contributed by atoms with van der Waals surface area (Å²) < 4.78 is 5.09. The van der Waals surface area contributed by atoms with Crippen LogP contribution in [0.3, 0.4) is 0 Å². The molecule has 1 amide bonds. The lowest BCUT2D eigenvalue weighted by Crippen LogP contribution is -2.30. The van der Waals surface area contributed by atoms with E-state index in [2.05, 4.69) is 5.32 Å². The van der Waals surface area contributed by atoms with Crippen molar-refractivity contribution in [1.29, 1.82) is 0 Å². The van der Waals surface area contributed by atoms with Crippen molar-refractivity contribution in [2.45, 2.75) is 19.4 Å². The third kappa shape index (κ3) is 3.24. The molecule has 0 heterocycles. The fourth-order valence-corrected chi connectivity index (χ4v) is 1.39. The average molecular weight is 223 g/mol. The van der Waals surface area contributed by atoms with E-state index in [1.54, 1.807) is 20.1 Å². The summed E-state index contributed by atoms with van der Waals surface area (Å²) in [6, 6.07) is 6.92. The van der Waals surface area contributed by atoms with Crippen molar-refractivity contribution in [3.05, 3.63) is 29.8 Å². The molecule has 0 aliphatic rings. The zero-order valence-corrected chi connectivity index (χ0v) is 9.56. The van der Waals surface area contributed by atoms with E-state index in [9.17, 15) is 9.90 Å². The molecule has 88 valence electrons. The smallest absolute Gasteiger partial charge is 0.220 e. The third-order valence-corrected chi connectivity index (χ3v) is 2.34. The van der Waals surface area contributed by atoms with Crippen LogP contribution < -0.4 is 10.1 Å². The fourth-order valence-electron chi connectivity index (χ4n) is 1.39. The Balaban J connectivity index is 2.81. The van der Waals surface area contributed by atoms with Gasteiger partial charge in [0.25, 0.3) is 0 Å². The number of hydrogen-bond donors (Lipinski definition) is 2. The minimum absolute atomic E-state index is 0.0816. The number of rotatable bonds is 5. The van der Waals surface area contributed by atoms with Gasteiger partial charge in [-0.2, -0.15) is 0 Å². The quantitative estimate of drug-likeness (QED) is 0.790. The van der Waals surface area contributed by atoms with Crippen LogP contribution in [-0.2, 0) is 4.79 Å². The Hall–Kier alpha value is -1.55. The highest BCUT2D eigenvalue weighted by atomic mass is 16.5. The number of carbonyl (C=O) groups excluding carboxylic acids is 1. The standard InChI is InChI=1S/C12H17NO3/c1-3-12(15)13-11(8-14)9-5-4-6-10(7-9)16-2/h4-7,11,14H,3,8H2,1-2H3,(H,13,15)/t11-/m1/s1. The monoisotopic (exact) mass is 223 g/mol. The van der Waals surface area contributed by atoms with Gasteiger partial charge in [0.2, 0.25) is 5.91 Å². The van der Waals surface area contributed by atoms with Gasteiger partial charge in [-0.3, -0.25) is 4.79 Å². The SMILES string of the molecule is CCC(=O)N[C@H](CO)c1cccc(OC)c1. The summed E-state index contributed by atoms with van der Waals surface area (Å²) in [7, 11) is 1.58. The molecule has 0 saturated heterocycles. The van der Waals surface area contributed by atoms with Gasteiger partial charge in [0.15, 0.2) is 0 Å². The molecule has 1 rings (SSSR count). The van der Waals surface area contributed by atoms with E-state index >= 15 is 0 Å². The lowest BCUT2D eigenvalue weighted by molar-refractivity contribution is -0.121. The van der Waals surface area contributed by atoms with E-state index in [1.807, 2.05) is 18.2 Å². The lowest BCUT2D eigenvalue weighted by Gasteiger charge is -2.16. The van der Waals surface area contributed by atoms with Crippen LogP contribution in [0.15, 0.2) is 24.3 Å². The lowest BCUT2D eigenvalue weighted by atomic mass is 10.1. The topological polar surface area (TPSA) is 58.6 Å². The molecule has 1 atom stereocenters. The molecule has 0 aromatic heterocycles. The minimum atomic E-state index is -0.373. The van der Waals surface area contributed by atoms with E-state index in [-0.39, 0.29) is 18.6 Å². The van der Waals surface area contributed by atoms with Gasteiger partial charge in [-0.05, 0) is 17.7 Å². The van der Waals surface area contributed by atoms with Crippen molar-refractivity contribution < 1.29 is 14.6 Å². The second-order valence-electron chi connectivity index (χ2n) is 3.43. The van der Waals surface area contributed by atoms with Crippen molar-refractivity contribution in [3.63, 3.8) is 0 Å². The highest BCUT2D eigenvalue weighted by Gasteiger charge is 2.12. The molecule has 0 spiro atoms. The molecule has 0 aliphatic carbocycles. The van der Waals surface area contributed by atoms with E-state index in [4.69, 9.17) is 4.74 Å². The van der Waals surface area contributed by atoms with Crippen molar-refractivity contribution in [1.82, 2.24) is 5.32 Å². The highest BCUT2D eigenvalue weighted by molar-refractivity contribution is 5.76. The summed E-state index contributed by atoms with van der Waals surface area (Å²) in [5.41, 5.74) is 0.837. The summed E-state index contributed by atoms with van der Waals surface area (Å²) >= 11 is 0. The Morgan fingerprint density at radius 2 is 2.31 bits per heavy atom. The van der Waals surface area contributed by atoms with Crippen LogP contribution in [-0.4, -0.2) is 24.7 Å². The number of carbonyl (C=O) groups is 1. The number of aliphatic hydroxyl groups is 1. The molecule has 0 radical (unpaired) electrons. The predicted octanol–water partition coefficient (Wildman–Crippen LogP) is 1.25. The molecule has 4 heteroatoms. The van der Waals surface area contributed by atoms with Gasteiger partial charge in [-0.15, -0.1) is 0 Å². The maximum Gasteiger partial charge on any atom is 0.220 e. The van der Waals surface area contributed by atoms with E-state index in [0.717, 1.165) is 5.56 Å². The number of benzene rings is 1. The molecule has 16 heavy (non-hydrogen) atoms. The molecule has 0 bridgehead atoms. The molecule has 0 unspecified atom stereocenters. The molecule has 0 saturated carbocycles. The summed E-state index contributed by atoms with van der Waals surface area (Å²) in [6.07, 6.45) is 0.403. The Morgan fingerprint density at radius 1 is 1.56 bits per heavy atom. The molecule has 0 aliphatic heterocycles. The molecule has 1 aromatic carbocycles. The molecule has 1 aromatic rings. The Bertz CT molecular complexity index is 352. The Labute approximate surface area is 95.2 Å². The fraction of sp³-hybridized carbons (Fsp3) is 0.417. The van der Waals surface area contributed by atoms with Crippen LogP contribution in [0.5, 0.6) is 5.75 Å². The maximum absolute atomic E-state index is 11.3. The Morgan fingerprint density at radius 3 is 2.88 bits per heavy atom. The molecular formula is C12H17NO3. The van der Waals surface area contributed by atoms with Gasteiger partial charge >= 0.3 is 0 Å². The van der Waals surface area contributed by atoms with Gasteiger partial charge in [-0.1, -0.05) is 19.1 Å². The Kier molecular flexibility index (Phi) is 4.79. The summed E-state index contributed by atoms with van der Waals surface area (Å²) in [4.78, 5) is 11.3. The van der Waals surface area contributed by atoms with Crippen LogP contribution in [0.25, 0.3) is 0 Å². The van der Waals surface area contributed by atoms with Gasteiger partial charge in [-0.25, -0.2) is 0 Å². The average Bonchev–Trinajstić information content (AvgIpc) is 2.35. The number of aliphatic hydroxyl groups excluding tert-OH is 1. The zero-order valence-electron chi connectivity index (χ0n) is 9.56. The highest BCUT2D eigenvalue weighted by Crippen LogP contribution is 2.18. The molecule has 0 fully saturated rings. The normalized spacial score (nSPS) is 11.9. The van der Waals surface area contributed by atoms with Gasteiger partial charge < -0.3 is 15.2 Å². The third-order valence-electron chi connectivity index (χ3n) is 2.34. The van der Waals surface area contributed by atoms with E-state index in [0.29, 0.717) is 12.2 Å². The first-order chi connectivity index (χ1) is 7.71. The summed E-state index contributed by atoms with van der Waals surface area (Å²) in [6.45, 7) is 1.65. The van der Waals surface area contributed by atoms with Crippen molar-refractivity contribution in [3.8, 4) is 5.75 Å². The van der Waals surface area contributed by atoms with Crippen LogP contribution >= 0.6 is 0 Å². The van der Waals surface area contributed by atoms with Gasteiger partial charge in [0.1, 0.15) is 5.75 Å². The van der Waals surface area contributed by atoms with E-state index in [1.165, 1.54) is 0 Å². The predicted molar refractivity (Wildman–Crippen MR) is 61.3 cm³/mol. The van der Waals surface area contributed by atoms with Crippen LogP contribution in [0.4, 0.5) is 0 Å². The summed E-state index contributed by atoms with van der Waals surface area (Å²) in [5.74, 6) is 0.628. The van der Waals surface area contributed by atoms with E-state index < -0.39 is 0 Å². The van der Waals surface area contributed by atoms with Gasteiger partial charge in [0, 0.05) is 6.42 Å². The maximum atomic E-state index is 11.3. The molecule has 2 N–H and O–H groups in total. The first-order valence-corrected chi connectivity index (χ1v) is 5.25.